The van der Waals surface area contributed by atoms with E-state index >= 15 is 0 Å². The van der Waals surface area contributed by atoms with Crippen LogP contribution in [0.25, 0.3) is 0 Å². The third-order valence-electron chi connectivity index (χ3n) is 5.17. The van der Waals surface area contributed by atoms with Gasteiger partial charge in [0.25, 0.3) is 0 Å². The molecule has 1 aromatic heterocycles. The maximum atomic E-state index is 11.5. The van der Waals surface area contributed by atoms with Gasteiger partial charge < -0.3 is 15.8 Å². The van der Waals surface area contributed by atoms with Gasteiger partial charge in [0.2, 0.25) is 5.91 Å². The Morgan fingerprint density at radius 3 is 3.04 bits per heavy atom. The zero-order chi connectivity index (χ0) is 17.6. The van der Waals surface area contributed by atoms with Gasteiger partial charge >= 0.3 is 0 Å². The van der Waals surface area contributed by atoms with Gasteiger partial charge in [0.15, 0.2) is 0 Å². The Kier molecular flexibility index (Phi) is 4.36. The maximum absolute atomic E-state index is 11.5. The van der Waals surface area contributed by atoms with Crippen molar-refractivity contribution in [2.45, 2.75) is 43.9 Å². The first-order chi connectivity index (χ1) is 12.0. The van der Waals surface area contributed by atoms with Gasteiger partial charge in [0, 0.05) is 28.9 Å². The summed E-state index contributed by atoms with van der Waals surface area (Å²) in [6.07, 6.45) is 2.66. The quantitative estimate of drug-likeness (QED) is 0.838. The summed E-state index contributed by atoms with van der Waals surface area (Å²) in [5, 5.41) is 3.65. The van der Waals surface area contributed by atoms with Crippen LogP contribution in [0.3, 0.4) is 0 Å². The Balaban J connectivity index is 1.71. The molecule has 2 aromatic rings. The van der Waals surface area contributed by atoms with Crippen LogP contribution in [-0.2, 0) is 16.8 Å². The number of amides is 1. The zero-order valence-electron chi connectivity index (χ0n) is 14.0. The molecule has 6 heteroatoms. The molecule has 3 heterocycles. The molecule has 4 rings (SSSR count). The van der Waals surface area contributed by atoms with Crippen molar-refractivity contribution < 1.29 is 9.53 Å². The van der Waals surface area contributed by atoms with Crippen LogP contribution in [0.2, 0.25) is 4.34 Å². The largest absolute Gasteiger partial charge is 0.369 e. The lowest BCUT2D eigenvalue weighted by Crippen LogP contribution is -2.49. The van der Waals surface area contributed by atoms with Crippen molar-refractivity contribution in [1.82, 2.24) is 5.32 Å². The minimum atomic E-state index is -0.401. The second-order valence-electron chi connectivity index (χ2n) is 7.02. The summed E-state index contributed by atoms with van der Waals surface area (Å²) in [7, 11) is 0. The lowest BCUT2D eigenvalue weighted by molar-refractivity contribution is -0.0954. The number of benzene rings is 1. The molecule has 0 aliphatic carbocycles. The number of thiophene rings is 1. The molecule has 0 radical (unpaired) electrons. The number of nitrogens with one attached hydrogen (secondary N) is 1. The maximum Gasteiger partial charge on any atom is 0.248 e. The third-order valence-corrected chi connectivity index (χ3v) is 6.66. The number of carbonyl (C=O) groups is 1. The monoisotopic (exact) mass is 376 g/mol. The Morgan fingerprint density at radius 2 is 2.24 bits per heavy atom. The van der Waals surface area contributed by atoms with Crippen LogP contribution in [0.5, 0.6) is 0 Å². The Hall–Kier alpha value is -1.40. The van der Waals surface area contributed by atoms with E-state index in [2.05, 4.69) is 18.3 Å². The van der Waals surface area contributed by atoms with Crippen molar-refractivity contribution in [2.75, 3.05) is 6.61 Å². The second-order valence-corrected chi connectivity index (χ2v) is 8.70. The molecule has 3 unspecified atom stereocenters. The summed E-state index contributed by atoms with van der Waals surface area (Å²) < 4.78 is 7.19. The molecule has 2 aliphatic heterocycles. The van der Waals surface area contributed by atoms with E-state index in [0.29, 0.717) is 11.6 Å². The van der Waals surface area contributed by atoms with E-state index in [-0.39, 0.29) is 11.6 Å². The smallest absolute Gasteiger partial charge is 0.248 e. The second kappa shape index (κ2) is 6.40. The molecule has 25 heavy (non-hydrogen) atoms. The number of halogens is 1. The van der Waals surface area contributed by atoms with Crippen LogP contribution < -0.4 is 11.1 Å². The van der Waals surface area contributed by atoms with E-state index in [1.54, 1.807) is 17.4 Å². The fourth-order valence-electron chi connectivity index (χ4n) is 4.18. The van der Waals surface area contributed by atoms with E-state index in [1.807, 2.05) is 18.2 Å². The van der Waals surface area contributed by atoms with Gasteiger partial charge in [-0.15, -0.1) is 11.3 Å². The number of piperidine rings is 1. The summed E-state index contributed by atoms with van der Waals surface area (Å²) >= 11 is 7.94. The molecule has 1 saturated heterocycles. The normalized spacial score (nSPS) is 28.7. The Labute approximate surface area is 156 Å². The first kappa shape index (κ1) is 17.0. The van der Waals surface area contributed by atoms with Gasteiger partial charge in [0.05, 0.1) is 10.9 Å². The highest BCUT2D eigenvalue weighted by atomic mass is 35.5. The van der Waals surface area contributed by atoms with Crippen LogP contribution in [-0.4, -0.2) is 18.6 Å². The fourth-order valence-corrected chi connectivity index (χ4v) is 5.65. The molecule has 0 saturated carbocycles. The van der Waals surface area contributed by atoms with E-state index in [9.17, 15) is 4.79 Å². The molecule has 1 aromatic carbocycles. The molecule has 1 spiro atoms. The minimum Gasteiger partial charge on any atom is -0.369 e. The van der Waals surface area contributed by atoms with Crippen LogP contribution >= 0.6 is 22.9 Å². The van der Waals surface area contributed by atoms with E-state index in [1.165, 1.54) is 10.4 Å². The van der Waals surface area contributed by atoms with Crippen molar-refractivity contribution in [3.63, 3.8) is 0 Å². The average molecular weight is 377 g/mol. The number of nitrogens with two attached hydrogens (primary N) is 1. The zero-order valence-corrected chi connectivity index (χ0v) is 15.6. The van der Waals surface area contributed by atoms with Gasteiger partial charge in [-0.05, 0) is 49.1 Å². The number of ether oxygens (including phenoxy) is 1. The fraction of sp³-hybridized carbons (Fsp3) is 0.421. The highest BCUT2D eigenvalue weighted by Gasteiger charge is 2.46. The summed E-state index contributed by atoms with van der Waals surface area (Å²) in [5.41, 5.74) is 8.07. The molecule has 3 atom stereocenters. The van der Waals surface area contributed by atoms with Gasteiger partial charge in [-0.1, -0.05) is 23.7 Å². The summed E-state index contributed by atoms with van der Waals surface area (Å²) in [5.74, 6) is -0.401. The molecule has 2 aliphatic rings. The van der Waals surface area contributed by atoms with Crippen molar-refractivity contribution in [3.8, 4) is 0 Å². The predicted octanol–water partition coefficient (Wildman–Crippen LogP) is 3.78. The first-order valence-corrected chi connectivity index (χ1v) is 9.75. The molecule has 0 bridgehead atoms. The van der Waals surface area contributed by atoms with Crippen LogP contribution in [0.15, 0.2) is 30.3 Å². The van der Waals surface area contributed by atoms with E-state index < -0.39 is 5.91 Å². The topological polar surface area (TPSA) is 64.4 Å². The lowest BCUT2D eigenvalue weighted by Gasteiger charge is -2.46. The van der Waals surface area contributed by atoms with Gasteiger partial charge in [0.1, 0.15) is 5.60 Å². The summed E-state index contributed by atoms with van der Waals surface area (Å²) in [6, 6.07) is 10.1. The van der Waals surface area contributed by atoms with Crippen molar-refractivity contribution in [2.24, 2.45) is 5.73 Å². The number of carbonyl (C=O) groups excluding carboxylic acids is 1. The third kappa shape index (κ3) is 3.10. The van der Waals surface area contributed by atoms with Crippen molar-refractivity contribution >= 4 is 28.8 Å². The molecular weight excluding hydrogens is 356 g/mol. The highest BCUT2D eigenvalue weighted by molar-refractivity contribution is 7.16. The van der Waals surface area contributed by atoms with E-state index in [4.69, 9.17) is 22.1 Å². The molecule has 1 fully saturated rings. The lowest BCUT2D eigenvalue weighted by atomic mass is 9.78. The predicted molar refractivity (Wildman–Crippen MR) is 100 cm³/mol. The van der Waals surface area contributed by atoms with E-state index in [0.717, 1.165) is 35.8 Å². The number of hydrogen-bond donors (Lipinski definition) is 2. The Bertz CT molecular complexity index is 822. The SMILES string of the molecule is CC1CC2(CC(c3cccc(C(N)=O)c3)N1)OCCc1cc(Cl)sc12. The highest BCUT2D eigenvalue weighted by Crippen LogP contribution is 2.50. The first-order valence-electron chi connectivity index (χ1n) is 8.55. The van der Waals surface area contributed by atoms with Crippen LogP contribution in [0.4, 0.5) is 0 Å². The summed E-state index contributed by atoms with van der Waals surface area (Å²) in [4.78, 5) is 12.8. The molecule has 132 valence electrons. The minimum absolute atomic E-state index is 0.106. The van der Waals surface area contributed by atoms with Crippen LogP contribution in [0.1, 0.15) is 52.2 Å². The van der Waals surface area contributed by atoms with Crippen molar-refractivity contribution in [1.29, 1.82) is 0 Å². The molecule has 4 nitrogen and oxygen atoms in total. The molecule has 3 N–H and O–H groups in total. The number of primary amides is 1. The van der Waals surface area contributed by atoms with Crippen LogP contribution in [0, 0.1) is 0 Å². The van der Waals surface area contributed by atoms with Gasteiger partial charge in [-0.25, -0.2) is 0 Å². The molecule has 1 amide bonds. The number of fused-ring (bicyclic) bond motifs is 2. The average Bonchev–Trinajstić information content (AvgIpc) is 2.97. The molecular formula is C19H21ClN2O2S. The van der Waals surface area contributed by atoms with Gasteiger partial charge in [-0.2, -0.15) is 0 Å². The summed E-state index contributed by atoms with van der Waals surface area (Å²) in [6.45, 7) is 2.90. The van der Waals surface area contributed by atoms with Gasteiger partial charge in [-0.3, -0.25) is 4.79 Å². The Morgan fingerprint density at radius 1 is 1.40 bits per heavy atom. The standard InChI is InChI=1S/C19H21ClN2O2S/c1-11-9-19(17-13(5-6-24-19)8-16(20)25-17)10-15(22-11)12-3-2-4-14(7-12)18(21)23/h2-4,7-8,11,15,22H,5-6,9-10H2,1H3,(H2,21,23). The number of hydrogen-bond acceptors (Lipinski definition) is 4. The van der Waals surface area contributed by atoms with Crippen molar-refractivity contribution in [3.05, 3.63) is 56.2 Å². The number of rotatable bonds is 2.